The van der Waals surface area contributed by atoms with Crippen molar-refractivity contribution in [1.82, 2.24) is 4.90 Å². The Morgan fingerprint density at radius 2 is 1.87 bits per heavy atom. The van der Waals surface area contributed by atoms with Crippen molar-refractivity contribution in [3.63, 3.8) is 0 Å². The average Bonchev–Trinajstić information content (AvgIpc) is 2.82. The Labute approximate surface area is 182 Å². The van der Waals surface area contributed by atoms with Crippen LogP contribution in [-0.4, -0.2) is 57.4 Å². The van der Waals surface area contributed by atoms with Gasteiger partial charge in [-0.2, -0.15) is 0 Å². The van der Waals surface area contributed by atoms with E-state index in [0.29, 0.717) is 31.3 Å². The van der Waals surface area contributed by atoms with Gasteiger partial charge in [-0.15, -0.1) is 0 Å². The first-order chi connectivity index (χ1) is 15.2. The smallest absolute Gasteiger partial charge is 0.246 e. The Hall–Kier alpha value is -3.35. The molecule has 2 heterocycles. The lowest BCUT2D eigenvalue weighted by atomic mass is 10.0. The summed E-state index contributed by atoms with van der Waals surface area (Å²) in [6.07, 6.45) is 5.39. The van der Waals surface area contributed by atoms with Crippen molar-refractivity contribution in [1.29, 1.82) is 0 Å². The summed E-state index contributed by atoms with van der Waals surface area (Å²) in [5.41, 5.74) is 1.86. The van der Waals surface area contributed by atoms with Crippen LogP contribution in [0.2, 0.25) is 0 Å². The highest BCUT2D eigenvalue weighted by Gasteiger charge is 2.23. The lowest BCUT2D eigenvalue weighted by Gasteiger charge is -2.33. The molecule has 1 atom stereocenters. The molecule has 1 unspecified atom stereocenters. The number of ether oxygens (including phenoxy) is 4. The summed E-state index contributed by atoms with van der Waals surface area (Å²) in [6.45, 7) is 2.56. The Morgan fingerprint density at radius 3 is 2.68 bits per heavy atom. The van der Waals surface area contributed by atoms with Gasteiger partial charge in [0.25, 0.3) is 0 Å². The molecule has 0 radical (unpaired) electrons. The van der Waals surface area contributed by atoms with Crippen LogP contribution in [0, 0.1) is 0 Å². The molecule has 1 saturated heterocycles. The fourth-order valence-corrected chi connectivity index (χ4v) is 3.89. The van der Waals surface area contributed by atoms with E-state index in [9.17, 15) is 4.79 Å². The largest absolute Gasteiger partial charge is 0.493 e. The number of carbonyl (C=O) groups is 1. The number of carbonyl (C=O) groups excluding carboxylic acids is 1. The standard InChI is InChI=1S/C24H28N2O5/c1-28-20-8-5-17(14-22(20)29-2)6-10-24(27)26-11-3-4-19(16-26)25-18-7-9-21-23(15-18)31-13-12-30-21/h5-10,14-15,19,25H,3-4,11-13,16H2,1-2H3/b10-6+. The summed E-state index contributed by atoms with van der Waals surface area (Å²) < 4.78 is 21.8. The molecule has 1 fully saturated rings. The van der Waals surface area contributed by atoms with Crippen molar-refractivity contribution in [2.45, 2.75) is 18.9 Å². The summed E-state index contributed by atoms with van der Waals surface area (Å²) >= 11 is 0. The minimum absolute atomic E-state index is 0.00320. The van der Waals surface area contributed by atoms with Gasteiger partial charge in [-0.05, 0) is 48.7 Å². The molecule has 2 aromatic rings. The predicted octanol–water partition coefficient (Wildman–Crippen LogP) is 3.59. The molecule has 0 spiro atoms. The normalized spacial score (nSPS) is 18.0. The summed E-state index contributed by atoms with van der Waals surface area (Å²) in [5.74, 6) is 2.84. The third-order valence-electron chi connectivity index (χ3n) is 5.47. The van der Waals surface area contributed by atoms with Crippen molar-refractivity contribution in [2.24, 2.45) is 0 Å². The molecule has 31 heavy (non-hydrogen) atoms. The van der Waals surface area contributed by atoms with Crippen LogP contribution >= 0.6 is 0 Å². The number of hydrogen-bond donors (Lipinski definition) is 1. The molecule has 164 valence electrons. The number of piperidine rings is 1. The second-order valence-electron chi connectivity index (χ2n) is 7.57. The van der Waals surface area contributed by atoms with Gasteiger partial charge < -0.3 is 29.2 Å². The van der Waals surface area contributed by atoms with Crippen molar-refractivity contribution in [3.05, 3.63) is 48.0 Å². The minimum atomic E-state index is 0.00320. The first-order valence-electron chi connectivity index (χ1n) is 10.5. The number of likely N-dealkylation sites (tertiary alicyclic amines) is 1. The van der Waals surface area contributed by atoms with Gasteiger partial charge in [0, 0.05) is 37.0 Å². The van der Waals surface area contributed by atoms with Crippen LogP contribution in [0.15, 0.2) is 42.5 Å². The van der Waals surface area contributed by atoms with E-state index in [4.69, 9.17) is 18.9 Å². The fourth-order valence-electron chi connectivity index (χ4n) is 3.89. The van der Waals surface area contributed by atoms with Gasteiger partial charge >= 0.3 is 0 Å². The predicted molar refractivity (Wildman–Crippen MR) is 119 cm³/mol. The molecule has 7 heteroatoms. The fraction of sp³-hybridized carbons (Fsp3) is 0.375. The van der Waals surface area contributed by atoms with Gasteiger partial charge in [0.15, 0.2) is 23.0 Å². The van der Waals surface area contributed by atoms with Crippen molar-refractivity contribution in [3.8, 4) is 23.0 Å². The highest BCUT2D eigenvalue weighted by atomic mass is 16.6. The Balaban J connectivity index is 1.37. The van der Waals surface area contributed by atoms with Gasteiger partial charge in [0.1, 0.15) is 13.2 Å². The average molecular weight is 424 g/mol. The summed E-state index contributed by atoms with van der Waals surface area (Å²) in [4.78, 5) is 14.6. The van der Waals surface area contributed by atoms with Crippen LogP contribution in [0.25, 0.3) is 6.08 Å². The van der Waals surface area contributed by atoms with E-state index in [1.165, 1.54) is 0 Å². The number of methoxy groups -OCH3 is 2. The first kappa shape index (κ1) is 20.9. The monoisotopic (exact) mass is 424 g/mol. The highest BCUT2D eigenvalue weighted by molar-refractivity contribution is 5.92. The van der Waals surface area contributed by atoms with Crippen LogP contribution in [0.5, 0.6) is 23.0 Å². The van der Waals surface area contributed by atoms with Gasteiger partial charge in [-0.1, -0.05) is 6.07 Å². The van der Waals surface area contributed by atoms with Crippen molar-refractivity contribution in [2.75, 3.05) is 45.8 Å². The molecule has 2 aromatic carbocycles. The topological polar surface area (TPSA) is 69.3 Å². The molecule has 0 aliphatic carbocycles. The Morgan fingerprint density at radius 1 is 1.06 bits per heavy atom. The molecule has 0 saturated carbocycles. The maximum atomic E-state index is 12.8. The van der Waals surface area contributed by atoms with E-state index in [1.807, 2.05) is 47.4 Å². The zero-order valence-corrected chi connectivity index (χ0v) is 17.9. The Kier molecular flexibility index (Phi) is 6.50. The van der Waals surface area contributed by atoms with E-state index in [-0.39, 0.29) is 11.9 Å². The Bertz CT molecular complexity index is 959. The van der Waals surface area contributed by atoms with Crippen LogP contribution in [0.1, 0.15) is 18.4 Å². The second-order valence-corrected chi connectivity index (χ2v) is 7.57. The van der Waals surface area contributed by atoms with Crippen molar-refractivity contribution >= 4 is 17.7 Å². The van der Waals surface area contributed by atoms with Gasteiger partial charge in [-0.25, -0.2) is 0 Å². The molecule has 2 aliphatic rings. The van der Waals surface area contributed by atoms with E-state index >= 15 is 0 Å². The number of nitrogens with one attached hydrogen (secondary N) is 1. The number of fused-ring (bicyclic) bond motifs is 1. The van der Waals surface area contributed by atoms with Gasteiger partial charge in [-0.3, -0.25) is 4.79 Å². The molecule has 0 aromatic heterocycles. The first-order valence-corrected chi connectivity index (χ1v) is 10.5. The van der Waals surface area contributed by atoms with Crippen molar-refractivity contribution < 1.29 is 23.7 Å². The molecule has 2 aliphatic heterocycles. The lowest BCUT2D eigenvalue weighted by molar-refractivity contribution is -0.126. The second kappa shape index (κ2) is 9.64. The molecular formula is C24H28N2O5. The molecule has 4 rings (SSSR count). The highest BCUT2D eigenvalue weighted by Crippen LogP contribution is 2.33. The number of anilines is 1. The number of benzene rings is 2. The van der Waals surface area contributed by atoms with Crippen LogP contribution in [0.4, 0.5) is 5.69 Å². The zero-order valence-electron chi connectivity index (χ0n) is 17.9. The lowest BCUT2D eigenvalue weighted by Crippen LogP contribution is -2.44. The van der Waals surface area contributed by atoms with E-state index in [0.717, 1.165) is 42.1 Å². The molecule has 0 bridgehead atoms. The zero-order chi connectivity index (χ0) is 21.6. The summed E-state index contributed by atoms with van der Waals surface area (Å²) in [6, 6.07) is 11.6. The van der Waals surface area contributed by atoms with E-state index in [1.54, 1.807) is 20.3 Å². The number of rotatable bonds is 6. The van der Waals surface area contributed by atoms with E-state index < -0.39 is 0 Å². The van der Waals surface area contributed by atoms with Gasteiger partial charge in [0.2, 0.25) is 5.91 Å². The maximum absolute atomic E-state index is 12.8. The third kappa shape index (κ3) is 5.05. The van der Waals surface area contributed by atoms with Crippen LogP contribution in [0.3, 0.4) is 0 Å². The van der Waals surface area contributed by atoms with Gasteiger partial charge in [0.05, 0.1) is 14.2 Å². The SMILES string of the molecule is COc1ccc(/C=C/C(=O)N2CCCC(Nc3ccc4c(c3)OCCO4)C2)cc1OC. The molecule has 1 amide bonds. The quantitative estimate of drug-likeness (QED) is 0.715. The number of nitrogens with zero attached hydrogens (tertiary/aromatic N) is 1. The number of amides is 1. The summed E-state index contributed by atoms with van der Waals surface area (Å²) in [5, 5.41) is 3.53. The number of hydrogen-bond acceptors (Lipinski definition) is 6. The molecule has 7 nitrogen and oxygen atoms in total. The van der Waals surface area contributed by atoms with Crippen LogP contribution < -0.4 is 24.3 Å². The summed E-state index contributed by atoms with van der Waals surface area (Å²) in [7, 11) is 3.20. The third-order valence-corrected chi connectivity index (χ3v) is 5.47. The molecular weight excluding hydrogens is 396 g/mol. The van der Waals surface area contributed by atoms with E-state index in [2.05, 4.69) is 5.32 Å². The minimum Gasteiger partial charge on any atom is -0.493 e. The molecule has 1 N–H and O–H groups in total. The maximum Gasteiger partial charge on any atom is 0.246 e. The van der Waals surface area contributed by atoms with Crippen LogP contribution in [-0.2, 0) is 4.79 Å².